The number of hydrogen-bond acceptors (Lipinski definition) is 3. The smallest absolute Gasteiger partial charge is 0.416 e. The third-order valence-corrected chi connectivity index (χ3v) is 5.68. The minimum Gasteiger partial charge on any atom is -0.490 e. The lowest BCUT2D eigenvalue weighted by atomic mass is 10.0. The van der Waals surface area contributed by atoms with Crippen LogP contribution in [0.5, 0.6) is 5.75 Å². The van der Waals surface area contributed by atoms with E-state index in [2.05, 4.69) is 0 Å². The summed E-state index contributed by atoms with van der Waals surface area (Å²) in [4.78, 5) is 27.4. The monoisotopic (exact) mass is 420 g/mol. The summed E-state index contributed by atoms with van der Waals surface area (Å²) in [6.45, 7) is 2.54. The molecule has 2 heterocycles. The highest BCUT2D eigenvalue weighted by Crippen LogP contribution is 2.34. The summed E-state index contributed by atoms with van der Waals surface area (Å²) in [6.07, 6.45) is -0.0614. The quantitative estimate of drug-likeness (QED) is 0.745. The zero-order chi connectivity index (χ0) is 21.5. The number of aromatic nitrogens is 1. The lowest BCUT2D eigenvalue weighted by molar-refractivity contribution is -0.137. The topological polar surface area (TPSA) is 51.5 Å². The van der Waals surface area contributed by atoms with Crippen LogP contribution in [0, 0.1) is 6.92 Å². The molecule has 1 aliphatic heterocycles. The van der Waals surface area contributed by atoms with E-state index in [4.69, 9.17) is 4.74 Å². The molecule has 1 aromatic carbocycles. The molecule has 2 aromatic rings. The summed E-state index contributed by atoms with van der Waals surface area (Å²) in [5.41, 5.74) is -0.130. The largest absolute Gasteiger partial charge is 0.490 e. The second kappa shape index (κ2) is 7.81. The fourth-order valence-electron chi connectivity index (χ4n) is 3.81. The van der Waals surface area contributed by atoms with Gasteiger partial charge in [0, 0.05) is 38.2 Å². The van der Waals surface area contributed by atoms with Crippen LogP contribution in [-0.2, 0) is 6.18 Å². The van der Waals surface area contributed by atoms with Crippen molar-refractivity contribution < 1.29 is 22.7 Å². The molecule has 1 saturated heterocycles. The fraction of sp³-hybridized carbons (Fsp3) is 0.455. The average Bonchev–Trinajstić information content (AvgIpc) is 3.53. The van der Waals surface area contributed by atoms with Gasteiger partial charge >= 0.3 is 6.18 Å². The second-order valence-corrected chi connectivity index (χ2v) is 7.95. The molecule has 0 bridgehead atoms. The Kier molecular flexibility index (Phi) is 5.34. The minimum absolute atomic E-state index is 0.167. The van der Waals surface area contributed by atoms with Crippen molar-refractivity contribution in [2.75, 3.05) is 13.1 Å². The van der Waals surface area contributed by atoms with Crippen LogP contribution in [0.1, 0.15) is 53.2 Å². The Balaban J connectivity index is 1.41. The van der Waals surface area contributed by atoms with Gasteiger partial charge in [0.15, 0.2) is 0 Å². The molecule has 2 fully saturated rings. The highest BCUT2D eigenvalue weighted by Gasteiger charge is 2.32. The van der Waals surface area contributed by atoms with Crippen molar-refractivity contribution in [2.24, 2.45) is 0 Å². The maximum absolute atomic E-state index is 13.0. The van der Waals surface area contributed by atoms with Gasteiger partial charge in [0.2, 0.25) is 0 Å². The third kappa shape index (κ3) is 4.22. The number of halogens is 3. The highest BCUT2D eigenvalue weighted by molar-refractivity contribution is 5.95. The highest BCUT2D eigenvalue weighted by atomic mass is 19.4. The van der Waals surface area contributed by atoms with Crippen LogP contribution in [0.4, 0.5) is 13.2 Å². The van der Waals surface area contributed by atoms with Crippen LogP contribution in [0.3, 0.4) is 0 Å². The number of piperidine rings is 1. The van der Waals surface area contributed by atoms with Crippen molar-refractivity contribution in [1.29, 1.82) is 0 Å². The lowest BCUT2D eigenvalue weighted by Gasteiger charge is -2.32. The van der Waals surface area contributed by atoms with Gasteiger partial charge < -0.3 is 14.2 Å². The molecule has 0 atom stereocenters. The van der Waals surface area contributed by atoms with E-state index in [1.165, 1.54) is 12.1 Å². The van der Waals surface area contributed by atoms with Crippen molar-refractivity contribution in [3.8, 4) is 5.75 Å². The van der Waals surface area contributed by atoms with Gasteiger partial charge in [0.05, 0.1) is 5.56 Å². The molecule has 1 amide bonds. The van der Waals surface area contributed by atoms with E-state index in [0.717, 1.165) is 25.0 Å². The van der Waals surface area contributed by atoms with E-state index in [9.17, 15) is 22.8 Å². The van der Waals surface area contributed by atoms with Gasteiger partial charge in [-0.3, -0.25) is 9.59 Å². The van der Waals surface area contributed by atoms with Crippen molar-refractivity contribution in [3.05, 3.63) is 63.6 Å². The number of alkyl halides is 3. The van der Waals surface area contributed by atoms with Gasteiger partial charge in [-0.25, -0.2) is 0 Å². The van der Waals surface area contributed by atoms with Crippen molar-refractivity contribution in [2.45, 2.75) is 50.9 Å². The van der Waals surface area contributed by atoms with Crippen molar-refractivity contribution >= 4 is 5.91 Å². The first-order valence-corrected chi connectivity index (χ1v) is 10.1. The third-order valence-electron chi connectivity index (χ3n) is 5.68. The Labute approximate surface area is 172 Å². The number of aryl methyl sites for hydroxylation is 1. The molecule has 0 unspecified atom stereocenters. The molecule has 1 aromatic heterocycles. The van der Waals surface area contributed by atoms with Crippen LogP contribution in [0.2, 0.25) is 0 Å². The molecule has 1 saturated carbocycles. The molecular formula is C22H23F3N2O3. The second-order valence-electron chi connectivity index (χ2n) is 7.95. The SMILES string of the molecule is Cc1ccn(C2CC2)c(=O)c1C(=O)N1CCC(Oc2cccc(C(F)(F)F)c2)CC1. The van der Waals surface area contributed by atoms with E-state index >= 15 is 0 Å². The Hall–Kier alpha value is -2.77. The van der Waals surface area contributed by atoms with Crippen LogP contribution in [0.15, 0.2) is 41.3 Å². The first-order valence-electron chi connectivity index (χ1n) is 10.1. The number of rotatable bonds is 4. The zero-order valence-electron chi connectivity index (χ0n) is 16.6. The van der Waals surface area contributed by atoms with Crippen LogP contribution in [-0.4, -0.2) is 34.6 Å². The molecule has 2 aliphatic rings. The van der Waals surface area contributed by atoms with E-state index in [1.54, 1.807) is 28.7 Å². The average molecular weight is 420 g/mol. The molecule has 160 valence electrons. The maximum atomic E-state index is 13.0. The molecule has 4 rings (SSSR count). The number of hydrogen-bond donors (Lipinski definition) is 0. The van der Waals surface area contributed by atoms with Gasteiger partial charge in [-0.2, -0.15) is 13.2 Å². The molecule has 5 nitrogen and oxygen atoms in total. The molecule has 1 aliphatic carbocycles. The minimum atomic E-state index is -4.42. The summed E-state index contributed by atoms with van der Waals surface area (Å²) in [7, 11) is 0. The van der Waals surface area contributed by atoms with Gasteiger partial charge in [0.25, 0.3) is 11.5 Å². The molecular weight excluding hydrogens is 397 g/mol. The maximum Gasteiger partial charge on any atom is 0.416 e. The van der Waals surface area contributed by atoms with E-state index in [1.807, 2.05) is 0 Å². The zero-order valence-corrected chi connectivity index (χ0v) is 16.6. The summed E-state index contributed by atoms with van der Waals surface area (Å²) in [5, 5.41) is 0. The van der Waals surface area contributed by atoms with Crippen LogP contribution >= 0.6 is 0 Å². The van der Waals surface area contributed by atoms with Gasteiger partial charge in [-0.1, -0.05) is 6.07 Å². The van der Waals surface area contributed by atoms with Crippen molar-refractivity contribution in [1.82, 2.24) is 9.47 Å². The Morgan fingerprint density at radius 2 is 1.80 bits per heavy atom. The molecule has 8 heteroatoms. The Morgan fingerprint density at radius 3 is 2.43 bits per heavy atom. The van der Waals surface area contributed by atoms with Gasteiger partial charge in [-0.15, -0.1) is 0 Å². The van der Waals surface area contributed by atoms with Crippen LogP contribution in [0.25, 0.3) is 0 Å². The predicted molar refractivity (Wildman–Crippen MR) is 105 cm³/mol. The van der Waals surface area contributed by atoms with Crippen LogP contribution < -0.4 is 10.3 Å². The van der Waals surface area contributed by atoms with Gasteiger partial charge in [0.1, 0.15) is 17.4 Å². The normalized spacial score (nSPS) is 17.8. The standard InChI is InChI=1S/C22H23F3N2O3/c1-14-7-12-27(16-5-6-16)21(29)19(14)20(28)26-10-8-17(9-11-26)30-18-4-2-3-15(13-18)22(23,24)25/h2-4,7,12-13,16-17H,5-6,8-11H2,1H3. The number of likely N-dealkylation sites (tertiary alicyclic amines) is 1. The number of pyridine rings is 1. The van der Waals surface area contributed by atoms with Gasteiger partial charge in [-0.05, 0) is 49.6 Å². The molecule has 0 radical (unpaired) electrons. The summed E-state index contributed by atoms with van der Waals surface area (Å²) in [6, 6.07) is 6.81. The Morgan fingerprint density at radius 1 is 1.10 bits per heavy atom. The lowest BCUT2D eigenvalue weighted by Crippen LogP contribution is -2.44. The number of ether oxygens (including phenoxy) is 1. The molecule has 30 heavy (non-hydrogen) atoms. The number of amides is 1. The number of benzene rings is 1. The summed E-state index contributed by atoms with van der Waals surface area (Å²) in [5.74, 6) is -0.120. The number of carbonyl (C=O) groups excluding carboxylic acids is 1. The first-order chi connectivity index (χ1) is 14.2. The molecule has 0 spiro atoms. The Bertz CT molecular complexity index is 1000. The number of nitrogens with zero attached hydrogens (tertiary/aromatic N) is 2. The molecule has 0 N–H and O–H groups in total. The summed E-state index contributed by atoms with van der Waals surface area (Å²) < 4.78 is 46.0. The summed E-state index contributed by atoms with van der Waals surface area (Å²) >= 11 is 0. The van der Waals surface area contributed by atoms with E-state index in [0.29, 0.717) is 31.5 Å². The number of carbonyl (C=O) groups is 1. The van der Waals surface area contributed by atoms with E-state index in [-0.39, 0.29) is 34.9 Å². The van der Waals surface area contributed by atoms with Crippen molar-refractivity contribution in [3.63, 3.8) is 0 Å². The first kappa shape index (κ1) is 20.5. The predicted octanol–water partition coefficient (Wildman–Crippen LogP) is 4.19. The van der Waals surface area contributed by atoms with E-state index < -0.39 is 11.7 Å². The fourth-order valence-corrected chi connectivity index (χ4v) is 3.81.